The van der Waals surface area contributed by atoms with Crippen molar-refractivity contribution in [3.8, 4) is 0 Å². The number of anilines is 3. The van der Waals surface area contributed by atoms with Gasteiger partial charge in [-0.3, -0.25) is 19.3 Å². The number of hydrogen-bond acceptors (Lipinski definition) is 5. The number of rotatable bonds is 9. The van der Waals surface area contributed by atoms with Crippen molar-refractivity contribution in [2.24, 2.45) is 5.92 Å². The number of amides is 3. The number of fused-ring (bicyclic) bond motifs is 2. The number of nitrogens with zero attached hydrogens (tertiary/aromatic N) is 3. The second kappa shape index (κ2) is 12.3. The Labute approximate surface area is 285 Å². The highest BCUT2D eigenvalue weighted by molar-refractivity contribution is 6.28. The van der Waals surface area contributed by atoms with E-state index in [0.717, 1.165) is 33.3 Å². The molecule has 3 heterocycles. The lowest BCUT2D eigenvalue weighted by atomic mass is 9.82. The molecular formula is C41H37N3O5. The number of aliphatic hydroxyl groups is 1. The summed E-state index contributed by atoms with van der Waals surface area (Å²) >= 11 is 0. The molecule has 1 spiro atoms. The largest absolute Gasteiger partial charge is 0.395 e. The van der Waals surface area contributed by atoms with E-state index in [-0.39, 0.29) is 43.2 Å². The molecule has 5 aromatic rings. The van der Waals surface area contributed by atoms with Crippen molar-refractivity contribution in [3.05, 3.63) is 138 Å². The molecule has 3 aliphatic rings. The molecular weight excluding hydrogens is 614 g/mol. The van der Waals surface area contributed by atoms with Gasteiger partial charge >= 0.3 is 0 Å². The van der Waals surface area contributed by atoms with Crippen LogP contribution in [0, 0.1) is 5.92 Å². The Kier molecular flexibility index (Phi) is 7.77. The summed E-state index contributed by atoms with van der Waals surface area (Å²) in [5, 5.41) is 11.7. The van der Waals surface area contributed by atoms with Crippen LogP contribution in [0.3, 0.4) is 0 Å². The Bertz CT molecular complexity index is 2080. The maximum atomic E-state index is 14.7. The second-order valence-electron chi connectivity index (χ2n) is 13.2. The lowest BCUT2D eigenvalue weighted by molar-refractivity contribution is -0.150. The Morgan fingerprint density at radius 2 is 1.59 bits per heavy atom. The summed E-state index contributed by atoms with van der Waals surface area (Å²) in [5.41, 5.74) is 4.20. The molecule has 0 saturated carbocycles. The molecule has 3 aliphatic heterocycles. The van der Waals surface area contributed by atoms with Crippen molar-refractivity contribution in [1.29, 1.82) is 0 Å². The Hall–Kier alpha value is -5.31. The average Bonchev–Trinajstić information content (AvgIpc) is 3.69. The first-order valence-electron chi connectivity index (χ1n) is 16.9. The summed E-state index contributed by atoms with van der Waals surface area (Å²) < 4.78 is 6.84. The molecule has 1 N–H and O–H groups in total. The van der Waals surface area contributed by atoms with E-state index in [0.29, 0.717) is 36.3 Å². The van der Waals surface area contributed by atoms with Crippen LogP contribution in [0.15, 0.2) is 115 Å². The minimum Gasteiger partial charge on any atom is -0.395 e. The van der Waals surface area contributed by atoms with Gasteiger partial charge in [-0.05, 0) is 53.3 Å². The van der Waals surface area contributed by atoms with Crippen LogP contribution in [-0.4, -0.2) is 47.0 Å². The first-order chi connectivity index (χ1) is 23.9. The van der Waals surface area contributed by atoms with Crippen LogP contribution in [0.4, 0.5) is 17.1 Å². The molecule has 8 nitrogen and oxygen atoms in total. The van der Waals surface area contributed by atoms with Crippen LogP contribution >= 0.6 is 0 Å². The van der Waals surface area contributed by atoms with Gasteiger partial charge in [-0.15, -0.1) is 0 Å². The third-order valence-electron chi connectivity index (χ3n) is 10.2. The van der Waals surface area contributed by atoms with Crippen molar-refractivity contribution in [3.63, 3.8) is 0 Å². The number of benzene rings is 5. The summed E-state index contributed by atoms with van der Waals surface area (Å²) in [5.74, 6) is -0.665. The number of carbonyl (C=O) groups is 3. The topological polar surface area (TPSA) is 90.4 Å². The predicted octanol–water partition coefficient (Wildman–Crippen LogP) is 6.71. The molecule has 8 rings (SSSR count). The Morgan fingerprint density at radius 1 is 0.878 bits per heavy atom. The van der Waals surface area contributed by atoms with Gasteiger partial charge in [0.1, 0.15) is 0 Å². The third-order valence-corrected chi connectivity index (χ3v) is 10.2. The van der Waals surface area contributed by atoms with Gasteiger partial charge in [0.15, 0.2) is 5.60 Å². The minimum atomic E-state index is -1.33. The van der Waals surface area contributed by atoms with Crippen molar-refractivity contribution in [1.82, 2.24) is 4.90 Å². The van der Waals surface area contributed by atoms with Gasteiger partial charge in [0, 0.05) is 35.6 Å². The summed E-state index contributed by atoms with van der Waals surface area (Å²) in [6.45, 7) is 2.80. The molecule has 5 aromatic carbocycles. The molecule has 3 atom stereocenters. The zero-order valence-electron chi connectivity index (χ0n) is 27.3. The van der Waals surface area contributed by atoms with Gasteiger partial charge in [-0.1, -0.05) is 91.9 Å². The van der Waals surface area contributed by atoms with Gasteiger partial charge in [0.25, 0.3) is 11.8 Å². The van der Waals surface area contributed by atoms with E-state index in [2.05, 4.69) is 0 Å². The maximum Gasteiger partial charge on any atom is 0.264 e. The lowest BCUT2D eigenvalue weighted by Gasteiger charge is -2.29. The van der Waals surface area contributed by atoms with Crippen molar-refractivity contribution < 1.29 is 24.2 Å². The lowest BCUT2D eigenvalue weighted by Crippen LogP contribution is -2.44. The minimum absolute atomic E-state index is 0.0851. The SMILES string of the molecule is C[C@@H]1C[C@H](CC(=O)N(CCO)Cc2ccccc2)O[C@@]12C(=O)N(Cc1ccccc1)c1ccc(N3C(=O)c4cccc5cccc3c45)cc12. The van der Waals surface area contributed by atoms with E-state index in [1.54, 1.807) is 14.7 Å². The molecule has 49 heavy (non-hydrogen) atoms. The van der Waals surface area contributed by atoms with Crippen molar-refractivity contribution in [2.75, 3.05) is 23.0 Å². The molecule has 0 unspecified atom stereocenters. The van der Waals surface area contributed by atoms with Gasteiger partial charge in [-0.2, -0.15) is 0 Å². The van der Waals surface area contributed by atoms with Gasteiger partial charge in [-0.25, -0.2) is 0 Å². The van der Waals surface area contributed by atoms with E-state index < -0.39 is 11.7 Å². The molecule has 0 radical (unpaired) electrons. The first-order valence-corrected chi connectivity index (χ1v) is 16.9. The standard InChI is InChI=1S/C41H37N3O5/c1-27-22-32(24-37(46)42(20-21-45)25-28-10-4-2-5-11-28)49-41(27)34-23-31(18-19-35(34)43(40(41)48)26-29-12-6-3-7-13-29)44-36-17-9-15-30-14-8-16-33(38(30)36)39(44)47/h2-19,23,27,32,45H,20-22,24-26H2,1H3/t27-,32-,41+/m1/s1. The molecule has 246 valence electrons. The Morgan fingerprint density at radius 3 is 2.33 bits per heavy atom. The number of hydrogen-bond donors (Lipinski definition) is 1. The fraction of sp³-hybridized carbons (Fsp3) is 0.244. The maximum absolute atomic E-state index is 14.7. The molecule has 0 bridgehead atoms. The van der Waals surface area contributed by atoms with E-state index in [4.69, 9.17) is 4.74 Å². The normalized spacial score (nSPS) is 20.9. The monoisotopic (exact) mass is 651 g/mol. The highest BCUT2D eigenvalue weighted by Gasteiger charge is 2.60. The molecule has 0 aliphatic carbocycles. The van der Waals surface area contributed by atoms with Gasteiger partial charge in [0.2, 0.25) is 5.91 Å². The summed E-state index contributed by atoms with van der Waals surface area (Å²) in [6, 6.07) is 37.0. The smallest absolute Gasteiger partial charge is 0.264 e. The third kappa shape index (κ3) is 5.10. The van der Waals surface area contributed by atoms with E-state index in [9.17, 15) is 19.5 Å². The van der Waals surface area contributed by atoms with Crippen LogP contribution in [0.25, 0.3) is 10.8 Å². The van der Waals surface area contributed by atoms with Gasteiger partial charge in [0.05, 0.1) is 42.6 Å². The molecule has 1 fully saturated rings. The number of aliphatic hydroxyl groups excluding tert-OH is 1. The second-order valence-corrected chi connectivity index (χ2v) is 13.2. The molecule has 1 saturated heterocycles. The number of ether oxygens (including phenoxy) is 1. The van der Waals surface area contributed by atoms with Crippen LogP contribution in [0.1, 0.15) is 46.8 Å². The zero-order chi connectivity index (χ0) is 33.7. The fourth-order valence-corrected chi connectivity index (χ4v) is 7.96. The van der Waals surface area contributed by atoms with Crippen LogP contribution in [-0.2, 0) is 33.0 Å². The number of carbonyl (C=O) groups excluding carboxylic acids is 3. The fourth-order valence-electron chi connectivity index (χ4n) is 7.96. The van der Waals surface area contributed by atoms with Crippen molar-refractivity contribution >= 4 is 45.6 Å². The first kappa shape index (κ1) is 31.0. The van der Waals surface area contributed by atoms with E-state index >= 15 is 0 Å². The highest BCUT2D eigenvalue weighted by atomic mass is 16.5. The van der Waals surface area contributed by atoms with Crippen molar-refractivity contribution in [2.45, 2.75) is 44.6 Å². The molecule has 8 heteroatoms. The molecule has 3 amide bonds. The predicted molar refractivity (Wildman–Crippen MR) is 188 cm³/mol. The quantitative estimate of drug-likeness (QED) is 0.191. The highest BCUT2D eigenvalue weighted by Crippen LogP contribution is 2.55. The van der Waals surface area contributed by atoms with Gasteiger partial charge < -0.3 is 19.6 Å². The van der Waals surface area contributed by atoms with Crippen LogP contribution < -0.4 is 9.80 Å². The van der Waals surface area contributed by atoms with E-state index in [1.807, 2.05) is 122 Å². The average molecular weight is 652 g/mol. The summed E-state index contributed by atoms with van der Waals surface area (Å²) in [7, 11) is 0. The van der Waals surface area contributed by atoms with Crippen LogP contribution in [0.5, 0.6) is 0 Å². The van der Waals surface area contributed by atoms with E-state index in [1.165, 1.54) is 0 Å². The summed E-state index contributed by atoms with van der Waals surface area (Å²) in [4.78, 5) is 47.5. The van der Waals surface area contributed by atoms with Crippen LogP contribution in [0.2, 0.25) is 0 Å². The zero-order valence-corrected chi connectivity index (χ0v) is 27.3. The summed E-state index contributed by atoms with van der Waals surface area (Å²) in [6.07, 6.45) is 0.0800. The Balaban J connectivity index is 1.15. The molecule has 0 aromatic heterocycles.